The van der Waals surface area contributed by atoms with Crippen LogP contribution in [0.1, 0.15) is 64.7 Å². The number of hydrogen-bond acceptors (Lipinski definition) is 2. The number of hydrogen-bond donors (Lipinski definition) is 2. The largest absolute Gasteiger partial charge is 0.481 e. The quantitative estimate of drug-likeness (QED) is 0.779. The molecule has 0 bridgehead atoms. The molecule has 2 saturated carbocycles. The lowest BCUT2D eigenvalue weighted by atomic mass is 9.91. The normalized spacial score (nSPS) is 29.6. The van der Waals surface area contributed by atoms with Crippen LogP contribution in [-0.4, -0.2) is 23.0 Å². The summed E-state index contributed by atoms with van der Waals surface area (Å²) in [7, 11) is 0. The first-order chi connectivity index (χ1) is 9.59. The van der Waals surface area contributed by atoms with E-state index in [-0.39, 0.29) is 17.9 Å². The van der Waals surface area contributed by atoms with Gasteiger partial charge in [0.1, 0.15) is 0 Å². The SMILES string of the molecule is C[C@@H](NC(=O)[C@@H]1CCC[C@@H]1C(=O)O)C1CCCCCC1. The van der Waals surface area contributed by atoms with Gasteiger partial charge in [-0.05, 0) is 38.5 Å². The molecule has 114 valence electrons. The van der Waals surface area contributed by atoms with Crippen LogP contribution in [0.2, 0.25) is 0 Å². The minimum absolute atomic E-state index is 0.0355. The van der Waals surface area contributed by atoms with E-state index in [1.807, 2.05) is 0 Å². The van der Waals surface area contributed by atoms with Gasteiger partial charge < -0.3 is 10.4 Å². The second-order valence-electron chi connectivity index (χ2n) is 6.53. The molecule has 2 aliphatic carbocycles. The summed E-state index contributed by atoms with van der Waals surface area (Å²) in [5.74, 6) is -1.08. The van der Waals surface area contributed by atoms with Crippen molar-refractivity contribution in [2.45, 2.75) is 70.8 Å². The summed E-state index contributed by atoms with van der Waals surface area (Å²) in [5, 5.41) is 12.3. The van der Waals surface area contributed by atoms with Gasteiger partial charge in [-0.3, -0.25) is 9.59 Å². The molecular formula is C16H27NO3. The Bertz CT molecular complexity index is 348. The molecule has 0 saturated heterocycles. The van der Waals surface area contributed by atoms with Crippen molar-refractivity contribution >= 4 is 11.9 Å². The van der Waals surface area contributed by atoms with Gasteiger partial charge in [-0.2, -0.15) is 0 Å². The van der Waals surface area contributed by atoms with Crippen LogP contribution in [0, 0.1) is 17.8 Å². The lowest BCUT2D eigenvalue weighted by molar-refractivity contribution is -0.146. The Labute approximate surface area is 121 Å². The maximum Gasteiger partial charge on any atom is 0.307 e. The van der Waals surface area contributed by atoms with Crippen molar-refractivity contribution < 1.29 is 14.7 Å². The van der Waals surface area contributed by atoms with Crippen molar-refractivity contribution in [1.82, 2.24) is 5.32 Å². The van der Waals surface area contributed by atoms with Crippen molar-refractivity contribution in [1.29, 1.82) is 0 Å². The number of nitrogens with one attached hydrogen (secondary N) is 1. The van der Waals surface area contributed by atoms with E-state index >= 15 is 0 Å². The van der Waals surface area contributed by atoms with Crippen LogP contribution in [0.25, 0.3) is 0 Å². The Balaban J connectivity index is 1.88. The molecular weight excluding hydrogens is 254 g/mol. The summed E-state index contributed by atoms with van der Waals surface area (Å²) >= 11 is 0. The third kappa shape index (κ3) is 3.74. The zero-order valence-corrected chi connectivity index (χ0v) is 12.4. The highest BCUT2D eigenvalue weighted by Crippen LogP contribution is 2.33. The zero-order chi connectivity index (χ0) is 14.5. The summed E-state index contributed by atoms with van der Waals surface area (Å²) in [5.41, 5.74) is 0. The molecule has 0 aliphatic heterocycles. The summed E-state index contributed by atoms with van der Waals surface area (Å²) in [4.78, 5) is 23.5. The molecule has 4 nitrogen and oxygen atoms in total. The van der Waals surface area contributed by atoms with E-state index in [1.165, 1.54) is 38.5 Å². The van der Waals surface area contributed by atoms with Gasteiger partial charge in [-0.25, -0.2) is 0 Å². The zero-order valence-electron chi connectivity index (χ0n) is 12.4. The monoisotopic (exact) mass is 281 g/mol. The highest BCUT2D eigenvalue weighted by molar-refractivity contribution is 5.85. The van der Waals surface area contributed by atoms with Crippen molar-refractivity contribution in [2.24, 2.45) is 17.8 Å². The standard InChI is InChI=1S/C16H27NO3/c1-11(12-7-4-2-3-5-8-12)17-15(18)13-9-6-10-14(13)16(19)20/h11-14H,2-10H2,1H3,(H,17,18)(H,19,20)/t11-,13-,14+/m1/s1. The van der Waals surface area contributed by atoms with Gasteiger partial charge in [0.15, 0.2) is 0 Å². The van der Waals surface area contributed by atoms with Gasteiger partial charge in [0.05, 0.1) is 11.8 Å². The second kappa shape index (κ2) is 7.09. The molecule has 0 unspecified atom stereocenters. The van der Waals surface area contributed by atoms with Crippen molar-refractivity contribution in [2.75, 3.05) is 0 Å². The van der Waals surface area contributed by atoms with Crippen LogP contribution in [0.15, 0.2) is 0 Å². The fourth-order valence-electron chi connectivity index (χ4n) is 3.83. The first-order valence-corrected chi connectivity index (χ1v) is 8.12. The lowest BCUT2D eigenvalue weighted by Gasteiger charge is -2.26. The molecule has 0 aromatic heterocycles. The third-order valence-electron chi connectivity index (χ3n) is 5.15. The molecule has 0 aromatic rings. The van der Waals surface area contributed by atoms with Crippen LogP contribution in [0.5, 0.6) is 0 Å². The molecule has 0 aromatic carbocycles. The van der Waals surface area contributed by atoms with Crippen LogP contribution >= 0.6 is 0 Å². The van der Waals surface area contributed by atoms with Crippen molar-refractivity contribution in [3.05, 3.63) is 0 Å². The maximum absolute atomic E-state index is 12.3. The Morgan fingerprint density at radius 3 is 2.15 bits per heavy atom. The Morgan fingerprint density at radius 2 is 1.55 bits per heavy atom. The van der Waals surface area contributed by atoms with Crippen LogP contribution in [0.3, 0.4) is 0 Å². The van der Waals surface area contributed by atoms with E-state index in [1.54, 1.807) is 0 Å². The number of rotatable bonds is 4. The molecule has 3 atom stereocenters. The summed E-state index contributed by atoms with van der Waals surface area (Å²) in [6.07, 6.45) is 9.72. The van der Waals surface area contributed by atoms with Gasteiger partial charge in [0.2, 0.25) is 5.91 Å². The number of carbonyl (C=O) groups is 2. The maximum atomic E-state index is 12.3. The number of carbonyl (C=O) groups excluding carboxylic acids is 1. The molecule has 4 heteroatoms. The van der Waals surface area contributed by atoms with Gasteiger partial charge in [-0.15, -0.1) is 0 Å². The Hall–Kier alpha value is -1.06. The predicted octanol–water partition coefficient (Wildman–Crippen LogP) is 2.96. The molecule has 2 aliphatic rings. The van der Waals surface area contributed by atoms with Crippen LogP contribution < -0.4 is 5.32 Å². The molecule has 0 heterocycles. The molecule has 2 rings (SSSR count). The molecule has 0 spiro atoms. The van der Waals surface area contributed by atoms with E-state index in [4.69, 9.17) is 0 Å². The van der Waals surface area contributed by atoms with Crippen molar-refractivity contribution in [3.8, 4) is 0 Å². The second-order valence-corrected chi connectivity index (χ2v) is 6.53. The number of aliphatic carboxylic acids is 1. The summed E-state index contributed by atoms with van der Waals surface area (Å²) in [6, 6.07) is 0.177. The Kier molecular flexibility index (Phi) is 5.44. The van der Waals surface area contributed by atoms with Gasteiger partial charge in [0.25, 0.3) is 0 Å². The van der Waals surface area contributed by atoms with E-state index in [2.05, 4.69) is 12.2 Å². The molecule has 0 radical (unpaired) electrons. The average molecular weight is 281 g/mol. The predicted molar refractivity (Wildman–Crippen MR) is 77.3 cm³/mol. The summed E-state index contributed by atoms with van der Waals surface area (Å²) < 4.78 is 0. The molecule has 2 N–H and O–H groups in total. The van der Waals surface area contributed by atoms with Crippen molar-refractivity contribution in [3.63, 3.8) is 0 Å². The first-order valence-electron chi connectivity index (χ1n) is 8.12. The molecule has 2 fully saturated rings. The minimum Gasteiger partial charge on any atom is -0.481 e. The fraction of sp³-hybridized carbons (Fsp3) is 0.875. The smallest absolute Gasteiger partial charge is 0.307 e. The number of carboxylic acid groups (broad SMARTS) is 1. The molecule has 1 amide bonds. The third-order valence-corrected chi connectivity index (χ3v) is 5.15. The topological polar surface area (TPSA) is 66.4 Å². The van der Waals surface area contributed by atoms with Gasteiger partial charge in [0, 0.05) is 6.04 Å². The van der Waals surface area contributed by atoms with E-state index < -0.39 is 11.9 Å². The van der Waals surface area contributed by atoms with Crippen LogP contribution in [0.4, 0.5) is 0 Å². The van der Waals surface area contributed by atoms with Crippen LogP contribution in [-0.2, 0) is 9.59 Å². The number of amides is 1. The van der Waals surface area contributed by atoms with Gasteiger partial charge >= 0.3 is 5.97 Å². The first kappa shape index (κ1) is 15.3. The fourth-order valence-corrected chi connectivity index (χ4v) is 3.83. The van der Waals surface area contributed by atoms with E-state index in [0.717, 1.165) is 12.8 Å². The Morgan fingerprint density at radius 1 is 0.950 bits per heavy atom. The highest BCUT2D eigenvalue weighted by Gasteiger charge is 2.38. The number of carboxylic acids is 1. The lowest BCUT2D eigenvalue weighted by Crippen LogP contribution is -2.43. The summed E-state index contributed by atoms with van der Waals surface area (Å²) in [6.45, 7) is 2.08. The minimum atomic E-state index is -0.815. The van der Waals surface area contributed by atoms with E-state index in [0.29, 0.717) is 12.3 Å². The van der Waals surface area contributed by atoms with Gasteiger partial charge in [-0.1, -0.05) is 32.1 Å². The highest BCUT2D eigenvalue weighted by atomic mass is 16.4. The molecule has 20 heavy (non-hydrogen) atoms. The van der Waals surface area contributed by atoms with E-state index in [9.17, 15) is 14.7 Å². The average Bonchev–Trinajstić information content (AvgIpc) is 2.74.